The molecule has 3 heterocycles. The Labute approximate surface area is 190 Å². The van der Waals surface area contributed by atoms with Crippen LogP contribution in [-0.2, 0) is 10.0 Å². The minimum absolute atomic E-state index is 0.242. The predicted octanol–water partition coefficient (Wildman–Crippen LogP) is 1.76. The van der Waals surface area contributed by atoms with Crippen LogP contribution in [0.4, 0.5) is 5.69 Å². The van der Waals surface area contributed by atoms with Crippen LogP contribution < -0.4 is 15.1 Å². The van der Waals surface area contributed by atoms with Crippen molar-refractivity contribution in [3.8, 4) is 5.75 Å². The van der Waals surface area contributed by atoms with Crippen LogP contribution in [0, 0.1) is 0 Å². The van der Waals surface area contributed by atoms with Gasteiger partial charge >= 0.3 is 0 Å². The van der Waals surface area contributed by atoms with Gasteiger partial charge in [0.15, 0.2) is 0 Å². The highest BCUT2D eigenvalue weighted by Crippen LogP contribution is 2.39. The fraction of sp³-hybridized carbons (Fsp3) is 0.478. The van der Waals surface area contributed by atoms with Gasteiger partial charge in [-0.05, 0) is 37.8 Å². The molecule has 1 aromatic carbocycles. The number of likely N-dealkylation sites (N-methyl/N-ethyl adjacent to an activating group) is 2. The van der Waals surface area contributed by atoms with Gasteiger partial charge in [0, 0.05) is 51.4 Å². The van der Waals surface area contributed by atoms with Crippen molar-refractivity contribution in [2.45, 2.75) is 24.3 Å². The molecule has 0 saturated carbocycles. The molecule has 0 radical (unpaired) electrons. The van der Waals surface area contributed by atoms with Gasteiger partial charge in [-0.2, -0.15) is 0 Å². The third-order valence-electron chi connectivity index (χ3n) is 6.82. The predicted molar refractivity (Wildman–Crippen MR) is 125 cm³/mol. The number of nitrogens with one attached hydrogen (secondary N) is 1. The van der Waals surface area contributed by atoms with Gasteiger partial charge in [0.25, 0.3) is 10.0 Å². The van der Waals surface area contributed by atoms with Crippen LogP contribution in [0.5, 0.6) is 5.75 Å². The fourth-order valence-electron chi connectivity index (χ4n) is 4.81. The summed E-state index contributed by atoms with van der Waals surface area (Å²) in [5, 5.41) is 0. The summed E-state index contributed by atoms with van der Waals surface area (Å²) in [7, 11) is 0.346. The molecule has 1 aliphatic carbocycles. The van der Waals surface area contributed by atoms with Gasteiger partial charge < -0.3 is 24.9 Å². The largest absolute Gasteiger partial charge is 0.490 e. The Bertz CT molecular complexity index is 1100. The molecule has 2 saturated heterocycles. The zero-order chi connectivity index (χ0) is 22.5. The van der Waals surface area contributed by atoms with E-state index >= 15 is 0 Å². The molecule has 32 heavy (non-hydrogen) atoms. The lowest BCUT2D eigenvalue weighted by Gasteiger charge is -2.38. The number of ether oxygens (including phenoxy) is 1. The summed E-state index contributed by atoms with van der Waals surface area (Å²) in [4.78, 5) is 7.03. The molecule has 1 aromatic rings. The maximum Gasteiger partial charge on any atom is 0.260 e. The van der Waals surface area contributed by atoms with Gasteiger partial charge in [0.2, 0.25) is 0 Å². The average molecular weight is 458 g/mol. The number of hydrazine groups is 1. The van der Waals surface area contributed by atoms with Gasteiger partial charge in [0.05, 0.1) is 28.9 Å². The van der Waals surface area contributed by atoms with Crippen LogP contribution in [0.15, 0.2) is 58.3 Å². The maximum atomic E-state index is 13.7. The van der Waals surface area contributed by atoms with E-state index in [1.807, 2.05) is 26.1 Å². The number of sulfonamides is 1. The molecular formula is C23H31N5O3S. The first-order chi connectivity index (χ1) is 15.4. The Morgan fingerprint density at radius 1 is 1.09 bits per heavy atom. The number of benzene rings is 1. The SMILES string of the molecule is CC=C1NN(S(=O)(=O)c2ccc3c(c2)OCCN3C)C2CC(N3CCN(C)CC3)=CC=C12. The molecule has 172 valence electrons. The zero-order valence-electron chi connectivity index (χ0n) is 18.9. The number of piperazine rings is 1. The van der Waals surface area contributed by atoms with E-state index in [-0.39, 0.29) is 10.9 Å². The first-order valence-electron chi connectivity index (χ1n) is 11.2. The van der Waals surface area contributed by atoms with E-state index in [1.54, 1.807) is 12.1 Å². The van der Waals surface area contributed by atoms with Gasteiger partial charge in [-0.3, -0.25) is 0 Å². The summed E-state index contributed by atoms with van der Waals surface area (Å²) in [6.07, 6.45) is 6.82. The molecule has 1 atom stereocenters. The summed E-state index contributed by atoms with van der Waals surface area (Å²) in [5.41, 5.74) is 7.14. The third kappa shape index (κ3) is 3.58. The van der Waals surface area contributed by atoms with Crippen LogP contribution in [0.1, 0.15) is 13.3 Å². The number of allylic oxidation sites excluding steroid dienone is 3. The van der Waals surface area contributed by atoms with E-state index in [2.05, 4.69) is 39.3 Å². The summed E-state index contributed by atoms with van der Waals surface area (Å²) < 4.78 is 34.7. The number of hydrogen-bond donors (Lipinski definition) is 1. The van der Waals surface area contributed by atoms with Crippen LogP contribution in [0.2, 0.25) is 0 Å². The number of hydrogen-bond acceptors (Lipinski definition) is 7. The topological polar surface area (TPSA) is 68.4 Å². The maximum absolute atomic E-state index is 13.7. The Morgan fingerprint density at radius 2 is 1.88 bits per heavy atom. The van der Waals surface area contributed by atoms with Crippen molar-refractivity contribution >= 4 is 15.7 Å². The van der Waals surface area contributed by atoms with E-state index < -0.39 is 10.0 Å². The second kappa shape index (κ2) is 8.13. The summed E-state index contributed by atoms with van der Waals surface area (Å²) in [5.74, 6) is 0.614. The normalized spacial score (nSPS) is 25.6. The number of fused-ring (bicyclic) bond motifs is 2. The van der Waals surface area contributed by atoms with Crippen molar-refractivity contribution in [3.63, 3.8) is 0 Å². The van der Waals surface area contributed by atoms with Crippen molar-refractivity contribution in [3.05, 3.63) is 53.4 Å². The first-order valence-corrected chi connectivity index (χ1v) is 12.6. The standard InChI is InChI=1S/C23H31N5O3S/c1-4-20-19-7-5-17(27-11-9-25(2)10-12-27)15-22(19)28(24-20)32(29,30)18-6-8-21-23(16-18)31-14-13-26(21)3/h4-8,16,22,24H,9-15H2,1-3H3. The molecule has 5 rings (SSSR count). The van der Waals surface area contributed by atoms with E-state index in [0.29, 0.717) is 18.8 Å². The van der Waals surface area contributed by atoms with E-state index in [1.165, 1.54) is 10.1 Å². The highest BCUT2D eigenvalue weighted by Gasteiger charge is 2.43. The monoisotopic (exact) mass is 457 g/mol. The van der Waals surface area contributed by atoms with Gasteiger partial charge in [-0.1, -0.05) is 12.2 Å². The second-order valence-corrected chi connectivity index (χ2v) is 10.6. The van der Waals surface area contributed by atoms with Crippen molar-refractivity contribution in [1.82, 2.24) is 19.6 Å². The van der Waals surface area contributed by atoms with Crippen LogP contribution >= 0.6 is 0 Å². The lowest BCUT2D eigenvalue weighted by atomic mass is 9.95. The van der Waals surface area contributed by atoms with Crippen molar-refractivity contribution in [2.75, 3.05) is 58.3 Å². The minimum atomic E-state index is -3.78. The van der Waals surface area contributed by atoms with Crippen LogP contribution in [-0.4, -0.2) is 82.1 Å². The van der Waals surface area contributed by atoms with Gasteiger partial charge in [-0.15, -0.1) is 4.41 Å². The van der Waals surface area contributed by atoms with E-state index in [4.69, 9.17) is 4.74 Å². The summed E-state index contributed by atoms with van der Waals surface area (Å²) >= 11 is 0. The lowest BCUT2D eigenvalue weighted by Crippen LogP contribution is -2.47. The molecule has 3 aliphatic heterocycles. The van der Waals surface area contributed by atoms with E-state index in [9.17, 15) is 8.42 Å². The number of nitrogens with zero attached hydrogens (tertiary/aromatic N) is 4. The highest BCUT2D eigenvalue weighted by molar-refractivity contribution is 7.89. The van der Waals surface area contributed by atoms with Crippen LogP contribution in [0.25, 0.3) is 0 Å². The molecule has 0 amide bonds. The molecule has 0 bridgehead atoms. The van der Waals surface area contributed by atoms with Gasteiger partial charge in [0.1, 0.15) is 12.4 Å². The molecule has 0 spiro atoms. The molecule has 1 unspecified atom stereocenters. The Morgan fingerprint density at radius 3 is 2.62 bits per heavy atom. The van der Waals surface area contributed by atoms with Crippen molar-refractivity contribution < 1.29 is 13.2 Å². The fourth-order valence-corrected chi connectivity index (χ4v) is 6.28. The smallest absolute Gasteiger partial charge is 0.260 e. The molecule has 9 heteroatoms. The molecule has 1 N–H and O–H groups in total. The number of anilines is 1. The Hall–Kier alpha value is -2.49. The molecule has 8 nitrogen and oxygen atoms in total. The van der Waals surface area contributed by atoms with Crippen molar-refractivity contribution in [2.24, 2.45) is 0 Å². The molecular weight excluding hydrogens is 426 g/mol. The Balaban J connectivity index is 1.45. The summed E-state index contributed by atoms with van der Waals surface area (Å²) in [6, 6.07) is 4.89. The zero-order valence-corrected chi connectivity index (χ0v) is 19.7. The summed E-state index contributed by atoms with van der Waals surface area (Å²) in [6.45, 7) is 7.22. The van der Waals surface area contributed by atoms with Crippen molar-refractivity contribution in [1.29, 1.82) is 0 Å². The molecule has 0 aromatic heterocycles. The Kier molecular flexibility index (Phi) is 5.43. The highest BCUT2D eigenvalue weighted by atomic mass is 32.2. The lowest BCUT2D eigenvalue weighted by molar-refractivity contribution is 0.177. The molecule has 2 fully saturated rings. The van der Waals surface area contributed by atoms with Crippen LogP contribution in [0.3, 0.4) is 0 Å². The van der Waals surface area contributed by atoms with E-state index in [0.717, 1.165) is 49.7 Å². The average Bonchev–Trinajstić information content (AvgIpc) is 3.18. The molecule has 4 aliphatic rings. The minimum Gasteiger partial charge on any atom is -0.490 e. The third-order valence-corrected chi connectivity index (χ3v) is 8.54. The second-order valence-electron chi connectivity index (χ2n) is 8.80. The number of rotatable bonds is 3. The quantitative estimate of drug-likeness (QED) is 0.742. The first kappa shape index (κ1) is 21.4. The van der Waals surface area contributed by atoms with Gasteiger partial charge in [-0.25, -0.2) is 8.42 Å².